The number of sulfonamides is 1. The Kier molecular flexibility index (Phi) is 8.94. The van der Waals surface area contributed by atoms with E-state index in [2.05, 4.69) is 37.6 Å². The van der Waals surface area contributed by atoms with Gasteiger partial charge >= 0.3 is 0 Å². The summed E-state index contributed by atoms with van der Waals surface area (Å²) >= 11 is 1.42. The Morgan fingerprint density at radius 1 is 1.14 bits per heavy atom. The van der Waals surface area contributed by atoms with Crippen molar-refractivity contribution in [1.82, 2.24) is 8.87 Å². The standard InChI is InChI=1S/C26H27N5O3S2/c1-4-15-31-23-12-9-21(19(2)3)18-24(23)35-26(31)29-25(32)20-7-10-22(11-8-20)36(33,34)30(16-5-13-27)17-6-14-28/h4,7-12,18-19H,1,5-6,15-17H2,2-3H3. The average molecular weight is 522 g/mol. The Labute approximate surface area is 215 Å². The molecule has 1 aromatic heterocycles. The molecule has 0 aliphatic rings. The molecule has 0 saturated carbocycles. The number of allylic oxidation sites excluding steroid dienone is 1. The van der Waals surface area contributed by atoms with Crippen molar-refractivity contribution < 1.29 is 13.2 Å². The lowest BCUT2D eigenvalue weighted by atomic mass is 10.0. The minimum atomic E-state index is -3.91. The van der Waals surface area contributed by atoms with Crippen molar-refractivity contribution in [2.45, 2.75) is 44.0 Å². The molecule has 0 atom stereocenters. The first kappa shape index (κ1) is 27.0. The summed E-state index contributed by atoms with van der Waals surface area (Å²) in [5.74, 6) is -0.116. The van der Waals surface area contributed by atoms with Crippen molar-refractivity contribution in [3.05, 3.63) is 71.0 Å². The van der Waals surface area contributed by atoms with Crippen LogP contribution in [-0.2, 0) is 16.6 Å². The molecular weight excluding hydrogens is 494 g/mol. The van der Waals surface area contributed by atoms with Gasteiger partial charge in [-0.3, -0.25) is 4.79 Å². The minimum Gasteiger partial charge on any atom is -0.312 e. The molecule has 0 radical (unpaired) electrons. The van der Waals surface area contributed by atoms with E-state index in [9.17, 15) is 13.2 Å². The van der Waals surface area contributed by atoms with Gasteiger partial charge in [0.05, 0.1) is 27.3 Å². The molecular formula is C26H27N5O3S2. The maximum atomic E-state index is 13.0. The number of thiazole rings is 1. The van der Waals surface area contributed by atoms with Gasteiger partial charge in [0, 0.05) is 38.0 Å². The molecule has 0 fully saturated rings. The summed E-state index contributed by atoms with van der Waals surface area (Å²) in [4.78, 5) is 17.8. The van der Waals surface area contributed by atoms with Gasteiger partial charge in [0.15, 0.2) is 4.80 Å². The van der Waals surface area contributed by atoms with E-state index in [-0.39, 0.29) is 36.4 Å². The lowest BCUT2D eigenvalue weighted by Gasteiger charge is -2.20. The molecule has 1 amide bonds. The van der Waals surface area contributed by atoms with E-state index in [0.717, 1.165) is 14.5 Å². The molecule has 0 aliphatic carbocycles. The first-order valence-corrected chi connectivity index (χ1v) is 13.7. The van der Waals surface area contributed by atoms with Crippen LogP contribution in [0.15, 0.2) is 65.0 Å². The highest BCUT2D eigenvalue weighted by Gasteiger charge is 2.24. The van der Waals surface area contributed by atoms with Crippen LogP contribution in [-0.4, -0.2) is 36.3 Å². The van der Waals surface area contributed by atoms with Gasteiger partial charge in [-0.1, -0.05) is 37.3 Å². The molecule has 1 heterocycles. The van der Waals surface area contributed by atoms with Crippen LogP contribution in [0.4, 0.5) is 0 Å². The molecule has 36 heavy (non-hydrogen) atoms. The van der Waals surface area contributed by atoms with Gasteiger partial charge in [0.2, 0.25) is 10.0 Å². The van der Waals surface area contributed by atoms with Gasteiger partial charge in [0.1, 0.15) is 0 Å². The van der Waals surface area contributed by atoms with E-state index in [0.29, 0.717) is 17.3 Å². The van der Waals surface area contributed by atoms with Gasteiger partial charge in [-0.15, -0.1) is 6.58 Å². The van der Waals surface area contributed by atoms with Crippen molar-refractivity contribution in [2.75, 3.05) is 13.1 Å². The van der Waals surface area contributed by atoms with E-state index < -0.39 is 15.9 Å². The van der Waals surface area contributed by atoms with E-state index in [1.165, 1.54) is 41.2 Å². The van der Waals surface area contributed by atoms with Crippen LogP contribution in [0.25, 0.3) is 10.2 Å². The fraction of sp³-hybridized carbons (Fsp3) is 0.308. The number of hydrogen-bond donors (Lipinski definition) is 0. The van der Waals surface area contributed by atoms with Crippen molar-refractivity contribution >= 4 is 37.5 Å². The molecule has 0 N–H and O–H groups in total. The molecule has 2 aromatic carbocycles. The molecule has 0 saturated heterocycles. The summed E-state index contributed by atoms with van der Waals surface area (Å²) in [5.41, 5.74) is 2.41. The molecule has 0 spiro atoms. The van der Waals surface area contributed by atoms with Gasteiger partial charge in [-0.05, 0) is 47.9 Å². The minimum absolute atomic E-state index is 0.00963. The van der Waals surface area contributed by atoms with E-state index in [1.54, 1.807) is 6.08 Å². The van der Waals surface area contributed by atoms with Crippen molar-refractivity contribution in [3.8, 4) is 12.1 Å². The van der Waals surface area contributed by atoms with Crippen LogP contribution >= 0.6 is 11.3 Å². The lowest BCUT2D eigenvalue weighted by molar-refractivity contribution is 0.0997. The van der Waals surface area contributed by atoms with Crippen molar-refractivity contribution in [3.63, 3.8) is 0 Å². The summed E-state index contributed by atoms with van der Waals surface area (Å²) in [6, 6.07) is 15.6. The second-order valence-corrected chi connectivity index (χ2v) is 11.3. The first-order valence-electron chi connectivity index (χ1n) is 11.4. The Bertz CT molecular complexity index is 1500. The number of fused-ring (bicyclic) bond motifs is 1. The van der Waals surface area contributed by atoms with Gasteiger partial charge in [-0.2, -0.15) is 19.8 Å². The molecule has 0 unspecified atom stereocenters. The molecule has 3 aromatic rings. The van der Waals surface area contributed by atoms with Gasteiger partial charge < -0.3 is 4.57 Å². The molecule has 0 aliphatic heterocycles. The summed E-state index contributed by atoms with van der Waals surface area (Å²) in [6.07, 6.45) is 1.77. The lowest BCUT2D eigenvalue weighted by Crippen LogP contribution is -2.32. The number of rotatable bonds is 10. The van der Waals surface area contributed by atoms with Gasteiger partial charge in [-0.25, -0.2) is 8.42 Å². The Morgan fingerprint density at radius 3 is 2.33 bits per heavy atom. The third-order valence-electron chi connectivity index (χ3n) is 5.57. The molecule has 3 rings (SSSR count). The summed E-state index contributed by atoms with van der Waals surface area (Å²) < 4.78 is 30.0. The molecule has 10 heteroatoms. The normalized spacial score (nSPS) is 12.1. The predicted molar refractivity (Wildman–Crippen MR) is 140 cm³/mol. The predicted octanol–water partition coefficient (Wildman–Crippen LogP) is 4.57. The fourth-order valence-electron chi connectivity index (χ4n) is 3.61. The number of carbonyl (C=O) groups excluding carboxylic acids is 1. The van der Waals surface area contributed by atoms with E-state index in [4.69, 9.17) is 10.5 Å². The van der Waals surface area contributed by atoms with Crippen LogP contribution < -0.4 is 4.80 Å². The third-order valence-corrected chi connectivity index (χ3v) is 8.52. The summed E-state index contributed by atoms with van der Waals surface area (Å²) in [6.45, 7) is 8.53. The number of benzene rings is 2. The summed E-state index contributed by atoms with van der Waals surface area (Å²) in [7, 11) is -3.91. The van der Waals surface area contributed by atoms with E-state index in [1.807, 2.05) is 22.8 Å². The highest BCUT2D eigenvalue weighted by Crippen LogP contribution is 2.24. The Balaban J connectivity index is 1.95. The molecule has 186 valence electrons. The zero-order valence-corrected chi connectivity index (χ0v) is 21.8. The third kappa shape index (κ3) is 5.97. The number of carbonyl (C=O) groups is 1. The van der Waals surface area contributed by atoms with Crippen LogP contribution in [0.2, 0.25) is 0 Å². The number of amides is 1. The van der Waals surface area contributed by atoms with Crippen molar-refractivity contribution in [1.29, 1.82) is 10.5 Å². The number of nitrogens with zero attached hydrogens (tertiary/aromatic N) is 5. The van der Waals surface area contributed by atoms with E-state index >= 15 is 0 Å². The second-order valence-electron chi connectivity index (χ2n) is 8.33. The average Bonchev–Trinajstić information content (AvgIpc) is 3.20. The topological polar surface area (TPSA) is 119 Å². The van der Waals surface area contributed by atoms with Gasteiger partial charge in [0.25, 0.3) is 5.91 Å². The second kappa shape index (κ2) is 11.9. The SMILES string of the molecule is C=CCn1c(=NC(=O)c2ccc(S(=O)(=O)N(CCC#N)CCC#N)cc2)sc2cc(C(C)C)ccc21. The maximum Gasteiger partial charge on any atom is 0.279 e. The first-order chi connectivity index (χ1) is 17.2. The molecule has 8 nitrogen and oxygen atoms in total. The van der Waals surface area contributed by atoms with Crippen molar-refractivity contribution in [2.24, 2.45) is 4.99 Å². The van der Waals surface area contributed by atoms with Crippen LogP contribution in [0.1, 0.15) is 48.5 Å². The largest absolute Gasteiger partial charge is 0.312 e. The maximum absolute atomic E-state index is 13.0. The monoisotopic (exact) mass is 521 g/mol. The zero-order valence-electron chi connectivity index (χ0n) is 20.2. The smallest absolute Gasteiger partial charge is 0.279 e. The fourth-order valence-corrected chi connectivity index (χ4v) is 6.14. The van der Waals surface area contributed by atoms with Crippen LogP contribution in [0, 0.1) is 22.7 Å². The molecule has 0 bridgehead atoms. The number of hydrogen-bond acceptors (Lipinski definition) is 6. The Morgan fingerprint density at radius 2 is 1.78 bits per heavy atom. The number of aromatic nitrogens is 1. The quantitative estimate of drug-likeness (QED) is 0.362. The summed E-state index contributed by atoms with van der Waals surface area (Å²) in [5, 5.41) is 17.7. The highest BCUT2D eigenvalue weighted by atomic mass is 32.2. The highest BCUT2D eigenvalue weighted by molar-refractivity contribution is 7.89. The number of nitriles is 2. The van der Waals surface area contributed by atoms with Crippen LogP contribution in [0.3, 0.4) is 0 Å². The zero-order chi connectivity index (χ0) is 26.3. The Hall–Kier alpha value is -3.57. The van der Waals surface area contributed by atoms with Crippen LogP contribution in [0.5, 0.6) is 0 Å².